The van der Waals surface area contributed by atoms with Crippen molar-refractivity contribution in [3.8, 4) is 23.5 Å². The van der Waals surface area contributed by atoms with Gasteiger partial charge in [-0.2, -0.15) is 18.4 Å². The number of nitriles is 1. The van der Waals surface area contributed by atoms with E-state index < -0.39 is 52.4 Å². The van der Waals surface area contributed by atoms with Crippen LogP contribution in [0.15, 0.2) is 18.2 Å². The predicted molar refractivity (Wildman–Crippen MR) is 103 cm³/mol. The number of hydrogen-bond donors (Lipinski definition) is 3. The lowest BCUT2D eigenvalue weighted by Gasteiger charge is -2.30. The van der Waals surface area contributed by atoms with Crippen molar-refractivity contribution in [3.63, 3.8) is 0 Å². The fraction of sp³-hybridized carbons (Fsp3) is 0.429. The van der Waals surface area contributed by atoms with Gasteiger partial charge >= 0.3 is 12.3 Å². The Labute approximate surface area is 180 Å². The zero-order valence-electron chi connectivity index (χ0n) is 17.4. The van der Waals surface area contributed by atoms with E-state index in [1.165, 1.54) is 12.1 Å². The first-order valence-corrected chi connectivity index (χ1v) is 9.80. The first-order valence-electron chi connectivity index (χ1n) is 9.80. The molecule has 3 heterocycles. The van der Waals surface area contributed by atoms with Crippen molar-refractivity contribution in [1.29, 1.82) is 5.26 Å². The van der Waals surface area contributed by atoms with Crippen molar-refractivity contribution in [2.75, 3.05) is 6.61 Å². The Balaban J connectivity index is 1.85. The standard InChI is InChI=1S/C21H20F3N3O5/c1-4-31-18(30)26-13-8-19(2)14-15(20(13,3)32-19)17(29)27(16(14)28)11-6-5-10(9-25)12(7-11)21(22,23)24/h5-7,13,28-29H,4,8H2,1-3H3,(H,26,30)/t13-,19-,20+/m1/s1. The molecule has 1 amide bonds. The van der Waals surface area contributed by atoms with Crippen molar-refractivity contribution in [2.45, 2.75) is 50.6 Å². The molecule has 0 spiro atoms. The summed E-state index contributed by atoms with van der Waals surface area (Å²) < 4.78 is 52.2. The van der Waals surface area contributed by atoms with Crippen LogP contribution in [0, 0.1) is 11.3 Å². The first-order chi connectivity index (χ1) is 14.9. The van der Waals surface area contributed by atoms with Gasteiger partial charge in [0.2, 0.25) is 11.8 Å². The Morgan fingerprint density at radius 2 is 2.00 bits per heavy atom. The molecule has 2 bridgehead atoms. The maximum absolute atomic E-state index is 13.4. The molecule has 2 aliphatic heterocycles. The summed E-state index contributed by atoms with van der Waals surface area (Å²) in [6, 6.07) is 3.74. The third-order valence-electron chi connectivity index (χ3n) is 6.10. The molecular formula is C21H20F3N3O5. The Kier molecular flexibility index (Phi) is 4.64. The number of carbonyl (C=O) groups is 1. The fourth-order valence-electron chi connectivity index (χ4n) is 4.81. The van der Waals surface area contributed by atoms with Crippen molar-refractivity contribution in [3.05, 3.63) is 40.5 Å². The maximum atomic E-state index is 13.4. The molecule has 2 aromatic rings. The number of ether oxygens (including phenoxy) is 2. The van der Waals surface area contributed by atoms with E-state index in [0.29, 0.717) is 6.07 Å². The van der Waals surface area contributed by atoms with E-state index in [1.54, 1.807) is 20.8 Å². The van der Waals surface area contributed by atoms with Crippen LogP contribution < -0.4 is 5.32 Å². The Morgan fingerprint density at radius 3 is 2.59 bits per heavy atom. The number of rotatable bonds is 3. The van der Waals surface area contributed by atoms with Gasteiger partial charge in [-0.25, -0.2) is 4.79 Å². The highest BCUT2D eigenvalue weighted by atomic mass is 19.4. The summed E-state index contributed by atoms with van der Waals surface area (Å²) in [4.78, 5) is 12.0. The van der Waals surface area contributed by atoms with Gasteiger partial charge in [-0.15, -0.1) is 0 Å². The van der Waals surface area contributed by atoms with Crippen LogP contribution in [0.2, 0.25) is 0 Å². The van der Waals surface area contributed by atoms with Crippen molar-refractivity contribution >= 4 is 6.09 Å². The molecule has 8 nitrogen and oxygen atoms in total. The molecule has 0 saturated carbocycles. The van der Waals surface area contributed by atoms with Crippen LogP contribution in [-0.2, 0) is 26.9 Å². The van der Waals surface area contributed by atoms with Crippen LogP contribution in [-0.4, -0.2) is 33.5 Å². The number of aromatic hydroxyl groups is 2. The van der Waals surface area contributed by atoms with Crippen molar-refractivity contribution in [2.24, 2.45) is 0 Å². The lowest BCUT2D eigenvalue weighted by molar-refractivity contribution is -0.137. The predicted octanol–water partition coefficient (Wildman–Crippen LogP) is 3.76. The third kappa shape index (κ3) is 2.90. The summed E-state index contributed by atoms with van der Waals surface area (Å²) in [7, 11) is 0. The summed E-state index contributed by atoms with van der Waals surface area (Å²) in [6.07, 6.45) is -5.24. The molecule has 11 heteroatoms. The van der Waals surface area contributed by atoms with Gasteiger partial charge in [0.05, 0.1) is 52.3 Å². The van der Waals surface area contributed by atoms with E-state index in [9.17, 15) is 28.2 Å². The normalized spacial score (nSPS) is 26.0. The van der Waals surface area contributed by atoms with Crippen molar-refractivity contribution in [1.82, 2.24) is 9.88 Å². The number of benzene rings is 1. The second-order valence-corrected chi connectivity index (χ2v) is 8.13. The number of alkyl halides is 3. The van der Waals surface area contributed by atoms with Crippen LogP contribution in [0.1, 0.15) is 49.4 Å². The lowest BCUT2D eigenvalue weighted by Crippen LogP contribution is -2.47. The number of aromatic nitrogens is 1. The Hall–Kier alpha value is -3.39. The second-order valence-electron chi connectivity index (χ2n) is 8.13. The summed E-state index contributed by atoms with van der Waals surface area (Å²) >= 11 is 0. The molecule has 0 radical (unpaired) electrons. The number of fused-ring (bicyclic) bond motifs is 5. The van der Waals surface area contributed by atoms with Crippen LogP contribution >= 0.6 is 0 Å². The maximum Gasteiger partial charge on any atom is 0.417 e. The molecule has 0 unspecified atom stereocenters. The molecule has 32 heavy (non-hydrogen) atoms. The minimum atomic E-state index is -4.81. The van der Waals surface area contributed by atoms with Crippen LogP contribution in [0.4, 0.5) is 18.0 Å². The average molecular weight is 451 g/mol. The van der Waals surface area contributed by atoms with E-state index in [0.717, 1.165) is 10.6 Å². The molecule has 1 aromatic carbocycles. The molecule has 0 aliphatic carbocycles. The molecular weight excluding hydrogens is 431 g/mol. The molecule has 1 aromatic heterocycles. The van der Waals surface area contributed by atoms with E-state index >= 15 is 0 Å². The number of halogens is 3. The number of amides is 1. The molecule has 1 saturated heterocycles. The minimum Gasteiger partial charge on any atom is -0.494 e. The van der Waals surface area contributed by atoms with Gasteiger partial charge < -0.3 is 25.0 Å². The van der Waals surface area contributed by atoms with Crippen LogP contribution in [0.3, 0.4) is 0 Å². The topological polar surface area (TPSA) is 117 Å². The molecule has 2 aliphatic rings. The number of nitrogens with one attached hydrogen (secondary N) is 1. The van der Waals surface area contributed by atoms with E-state index in [-0.39, 0.29) is 29.8 Å². The first kappa shape index (κ1) is 21.8. The molecule has 3 N–H and O–H groups in total. The summed E-state index contributed by atoms with van der Waals surface area (Å²) in [5.41, 5.74) is -3.92. The zero-order chi connectivity index (χ0) is 23.6. The van der Waals surface area contributed by atoms with Crippen LogP contribution in [0.5, 0.6) is 11.8 Å². The average Bonchev–Trinajstić information content (AvgIpc) is 3.21. The lowest BCUT2D eigenvalue weighted by atomic mass is 9.76. The number of carbonyl (C=O) groups excluding carboxylic acids is 1. The highest BCUT2D eigenvalue weighted by Gasteiger charge is 2.65. The van der Waals surface area contributed by atoms with Gasteiger partial charge in [0.15, 0.2) is 0 Å². The van der Waals surface area contributed by atoms with Gasteiger partial charge in [-0.3, -0.25) is 4.57 Å². The zero-order valence-corrected chi connectivity index (χ0v) is 17.4. The molecule has 4 rings (SSSR count). The van der Waals surface area contributed by atoms with E-state index in [1.807, 2.05) is 0 Å². The van der Waals surface area contributed by atoms with Gasteiger partial charge in [0.25, 0.3) is 0 Å². The number of nitrogens with zero attached hydrogens (tertiary/aromatic N) is 2. The van der Waals surface area contributed by atoms with Crippen LogP contribution in [0.25, 0.3) is 5.69 Å². The smallest absolute Gasteiger partial charge is 0.417 e. The minimum absolute atomic E-state index is 0.154. The van der Waals surface area contributed by atoms with E-state index in [2.05, 4.69) is 5.32 Å². The highest BCUT2D eigenvalue weighted by molar-refractivity contribution is 5.69. The van der Waals surface area contributed by atoms with Crippen molar-refractivity contribution < 1.29 is 37.7 Å². The third-order valence-corrected chi connectivity index (χ3v) is 6.10. The second kappa shape index (κ2) is 6.80. The summed E-state index contributed by atoms with van der Waals surface area (Å²) in [6.45, 7) is 5.08. The largest absolute Gasteiger partial charge is 0.494 e. The molecule has 170 valence electrons. The fourth-order valence-corrected chi connectivity index (χ4v) is 4.81. The number of hydrogen-bond acceptors (Lipinski definition) is 6. The number of alkyl carbamates (subject to hydrolysis) is 1. The monoisotopic (exact) mass is 451 g/mol. The Bertz CT molecular complexity index is 1170. The van der Waals surface area contributed by atoms with Gasteiger partial charge in [-0.1, -0.05) is 0 Å². The quantitative estimate of drug-likeness (QED) is 0.654. The molecule has 1 fully saturated rings. The van der Waals surface area contributed by atoms with E-state index in [4.69, 9.17) is 14.7 Å². The van der Waals surface area contributed by atoms with Gasteiger partial charge in [-0.05, 0) is 39.0 Å². The molecule has 3 atom stereocenters. The highest BCUT2D eigenvalue weighted by Crippen LogP contribution is 2.64. The SMILES string of the molecule is CCOC(=O)N[C@@H]1C[C@@]2(C)O[C@]1(C)c1c2c(O)n(-c2ccc(C#N)c(C(F)(F)F)c2)c1O. The summed E-state index contributed by atoms with van der Waals surface area (Å²) in [5, 5.41) is 33.6. The van der Waals surface area contributed by atoms with Gasteiger partial charge in [0, 0.05) is 6.42 Å². The Morgan fingerprint density at radius 1 is 1.34 bits per heavy atom. The summed E-state index contributed by atoms with van der Waals surface area (Å²) in [5.74, 6) is -0.993. The van der Waals surface area contributed by atoms with Gasteiger partial charge in [0.1, 0.15) is 5.60 Å².